The summed E-state index contributed by atoms with van der Waals surface area (Å²) >= 11 is 0. The summed E-state index contributed by atoms with van der Waals surface area (Å²) in [6.45, 7) is -2.85. The second-order valence-corrected chi connectivity index (χ2v) is 3.98. The van der Waals surface area contributed by atoms with Crippen molar-refractivity contribution in [3.8, 4) is 11.5 Å². The monoisotopic (exact) mass is 283 g/mol. The Labute approximate surface area is 113 Å². The number of alkyl halides is 2. The molecule has 0 amide bonds. The van der Waals surface area contributed by atoms with Crippen molar-refractivity contribution in [3.05, 3.63) is 53.8 Å². The molecule has 106 valence electrons. The van der Waals surface area contributed by atoms with Crippen molar-refractivity contribution in [1.82, 2.24) is 0 Å². The number of aromatic hydroxyl groups is 1. The number of benzene rings is 2. The van der Waals surface area contributed by atoms with E-state index in [4.69, 9.17) is 0 Å². The molecule has 0 atom stereocenters. The Kier molecular flexibility index (Phi) is 4.34. The number of hydrogen-bond acceptors (Lipinski definition) is 3. The summed E-state index contributed by atoms with van der Waals surface area (Å²) in [4.78, 5) is 0. The average Bonchev–Trinajstić information content (AvgIpc) is 2.41. The topological polar surface area (TPSA) is 41.5 Å². The molecule has 0 bridgehead atoms. The summed E-state index contributed by atoms with van der Waals surface area (Å²) in [5.74, 6) is -1.22. The molecular weight excluding hydrogens is 271 g/mol. The van der Waals surface area contributed by atoms with Gasteiger partial charge in [0.1, 0.15) is 5.75 Å². The van der Waals surface area contributed by atoms with Gasteiger partial charge >= 0.3 is 6.61 Å². The molecule has 3 nitrogen and oxygen atoms in total. The maximum Gasteiger partial charge on any atom is 0.387 e. The first-order valence-corrected chi connectivity index (χ1v) is 5.82. The Bertz CT molecular complexity index is 590. The van der Waals surface area contributed by atoms with E-state index >= 15 is 0 Å². The lowest BCUT2D eigenvalue weighted by atomic mass is 10.2. The number of rotatable bonds is 5. The van der Waals surface area contributed by atoms with Gasteiger partial charge < -0.3 is 15.2 Å². The van der Waals surface area contributed by atoms with E-state index < -0.39 is 18.2 Å². The molecule has 0 aromatic heterocycles. The lowest BCUT2D eigenvalue weighted by molar-refractivity contribution is -0.0493. The fraction of sp³-hybridized carbons (Fsp3) is 0.143. The normalized spacial score (nSPS) is 10.6. The van der Waals surface area contributed by atoms with Crippen LogP contribution in [0.5, 0.6) is 11.5 Å². The van der Waals surface area contributed by atoms with Gasteiger partial charge in [0.25, 0.3) is 0 Å². The molecule has 0 aliphatic heterocycles. The molecule has 0 radical (unpaired) electrons. The van der Waals surface area contributed by atoms with E-state index in [2.05, 4.69) is 10.1 Å². The SMILES string of the molecule is Oc1c(F)cccc1CNc1ccccc1OC(F)F. The summed E-state index contributed by atoms with van der Waals surface area (Å²) in [5, 5.41) is 12.3. The number of hydrogen-bond donors (Lipinski definition) is 2. The van der Waals surface area contributed by atoms with Crippen molar-refractivity contribution in [3.63, 3.8) is 0 Å². The third-order valence-electron chi connectivity index (χ3n) is 2.64. The quantitative estimate of drug-likeness (QED) is 0.878. The Morgan fingerprint density at radius 1 is 1.10 bits per heavy atom. The molecule has 0 unspecified atom stereocenters. The van der Waals surface area contributed by atoms with Gasteiger partial charge in [0.15, 0.2) is 11.6 Å². The highest BCUT2D eigenvalue weighted by atomic mass is 19.3. The van der Waals surface area contributed by atoms with Crippen molar-refractivity contribution in [2.24, 2.45) is 0 Å². The minimum atomic E-state index is -2.93. The summed E-state index contributed by atoms with van der Waals surface area (Å²) in [6, 6.07) is 10.3. The Morgan fingerprint density at radius 3 is 2.60 bits per heavy atom. The highest BCUT2D eigenvalue weighted by molar-refractivity contribution is 5.56. The van der Waals surface area contributed by atoms with E-state index in [1.165, 1.54) is 18.2 Å². The van der Waals surface area contributed by atoms with Gasteiger partial charge in [-0.05, 0) is 18.2 Å². The van der Waals surface area contributed by atoms with Crippen LogP contribution in [0.1, 0.15) is 5.56 Å². The molecule has 20 heavy (non-hydrogen) atoms. The van der Waals surface area contributed by atoms with E-state index in [1.54, 1.807) is 18.2 Å². The van der Waals surface area contributed by atoms with Crippen LogP contribution in [-0.4, -0.2) is 11.7 Å². The van der Waals surface area contributed by atoms with Gasteiger partial charge in [-0.2, -0.15) is 8.78 Å². The van der Waals surface area contributed by atoms with Crippen LogP contribution in [0.15, 0.2) is 42.5 Å². The van der Waals surface area contributed by atoms with Crippen molar-refractivity contribution in [2.45, 2.75) is 13.2 Å². The molecule has 0 fully saturated rings. The number of halogens is 3. The lowest BCUT2D eigenvalue weighted by Crippen LogP contribution is -2.06. The first kappa shape index (κ1) is 14.0. The summed E-state index contributed by atoms with van der Waals surface area (Å²) in [5.41, 5.74) is 0.647. The third kappa shape index (κ3) is 3.34. The summed E-state index contributed by atoms with van der Waals surface area (Å²) in [6.07, 6.45) is 0. The van der Waals surface area contributed by atoms with Crippen LogP contribution in [-0.2, 0) is 6.54 Å². The van der Waals surface area contributed by atoms with Gasteiger partial charge in [-0.25, -0.2) is 4.39 Å². The lowest BCUT2D eigenvalue weighted by Gasteiger charge is -2.13. The first-order valence-electron chi connectivity index (χ1n) is 5.82. The van der Waals surface area contributed by atoms with Crippen LogP contribution in [0, 0.1) is 5.82 Å². The van der Waals surface area contributed by atoms with Gasteiger partial charge in [-0.3, -0.25) is 0 Å². The Morgan fingerprint density at radius 2 is 1.85 bits per heavy atom. The Balaban J connectivity index is 2.13. The number of anilines is 1. The minimum absolute atomic E-state index is 0.0154. The number of ether oxygens (including phenoxy) is 1. The average molecular weight is 283 g/mol. The van der Waals surface area contributed by atoms with Crippen LogP contribution >= 0.6 is 0 Å². The predicted octanol–water partition coefficient (Wildman–Crippen LogP) is 3.74. The molecule has 2 N–H and O–H groups in total. The molecule has 2 rings (SSSR count). The molecule has 0 aliphatic carbocycles. The molecule has 0 spiro atoms. The van der Waals surface area contributed by atoms with Crippen molar-refractivity contribution in [1.29, 1.82) is 0 Å². The van der Waals surface area contributed by atoms with Crippen LogP contribution in [0.2, 0.25) is 0 Å². The van der Waals surface area contributed by atoms with E-state index in [9.17, 15) is 18.3 Å². The molecule has 2 aromatic carbocycles. The van der Waals surface area contributed by atoms with Crippen LogP contribution < -0.4 is 10.1 Å². The fourth-order valence-corrected chi connectivity index (χ4v) is 1.70. The molecule has 0 saturated carbocycles. The molecule has 0 aliphatic rings. The minimum Gasteiger partial charge on any atom is -0.505 e. The number of phenolic OH excluding ortho intramolecular Hbond substituents is 1. The van der Waals surface area contributed by atoms with E-state index in [0.717, 1.165) is 6.07 Å². The summed E-state index contributed by atoms with van der Waals surface area (Å²) < 4.78 is 42.0. The number of phenols is 1. The fourth-order valence-electron chi connectivity index (χ4n) is 1.70. The Hall–Kier alpha value is -2.37. The van der Waals surface area contributed by atoms with Gasteiger partial charge in [0.2, 0.25) is 0 Å². The van der Waals surface area contributed by atoms with Crippen molar-refractivity contribution < 1.29 is 23.0 Å². The number of nitrogens with one attached hydrogen (secondary N) is 1. The van der Waals surface area contributed by atoms with Gasteiger partial charge in [0, 0.05) is 12.1 Å². The van der Waals surface area contributed by atoms with E-state index in [1.807, 2.05) is 0 Å². The maximum atomic E-state index is 13.2. The van der Waals surface area contributed by atoms with Crippen LogP contribution in [0.25, 0.3) is 0 Å². The van der Waals surface area contributed by atoms with Gasteiger partial charge in [-0.1, -0.05) is 24.3 Å². The molecule has 2 aromatic rings. The standard InChI is InChI=1S/C14H12F3NO2/c15-10-5-3-4-9(13(10)19)8-18-11-6-1-2-7-12(11)20-14(16)17/h1-7,14,18-19H,8H2. The van der Waals surface area contributed by atoms with Crippen LogP contribution in [0.3, 0.4) is 0 Å². The largest absolute Gasteiger partial charge is 0.505 e. The highest BCUT2D eigenvalue weighted by Gasteiger charge is 2.10. The smallest absolute Gasteiger partial charge is 0.387 e. The van der Waals surface area contributed by atoms with Gasteiger partial charge in [-0.15, -0.1) is 0 Å². The molecular formula is C14H12F3NO2. The molecule has 0 saturated heterocycles. The van der Waals surface area contributed by atoms with E-state index in [0.29, 0.717) is 11.3 Å². The second kappa shape index (κ2) is 6.18. The van der Waals surface area contributed by atoms with Crippen molar-refractivity contribution >= 4 is 5.69 Å². The van der Waals surface area contributed by atoms with Crippen LogP contribution in [0.4, 0.5) is 18.9 Å². The predicted molar refractivity (Wildman–Crippen MR) is 68.5 cm³/mol. The third-order valence-corrected chi connectivity index (χ3v) is 2.64. The second-order valence-electron chi connectivity index (χ2n) is 3.98. The summed E-state index contributed by atoms with van der Waals surface area (Å²) in [7, 11) is 0. The zero-order chi connectivity index (χ0) is 14.5. The molecule has 6 heteroatoms. The zero-order valence-corrected chi connectivity index (χ0v) is 10.3. The zero-order valence-electron chi connectivity index (χ0n) is 10.3. The first-order chi connectivity index (χ1) is 9.58. The van der Waals surface area contributed by atoms with E-state index in [-0.39, 0.29) is 12.3 Å². The highest BCUT2D eigenvalue weighted by Crippen LogP contribution is 2.27. The maximum absolute atomic E-state index is 13.2. The van der Waals surface area contributed by atoms with Gasteiger partial charge in [0.05, 0.1) is 5.69 Å². The molecule has 0 heterocycles. The number of para-hydroxylation sites is 3. The van der Waals surface area contributed by atoms with Crippen molar-refractivity contribution in [2.75, 3.05) is 5.32 Å².